The first-order valence-electron chi connectivity index (χ1n) is 8.38. The minimum atomic E-state index is -0.591. The number of hydrogen-bond acceptors (Lipinski definition) is 4. The number of hydrogen-bond donors (Lipinski definition) is 1. The molecule has 3 rings (SSSR count). The number of halogens is 2. The van der Waals surface area contributed by atoms with Gasteiger partial charge in [0, 0.05) is 34.8 Å². The summed E-state index contributed by atoms with van der Waals surface area (Å²) in [5.41, 5.74) is 2.24. The van der Waals surface area contributed by atoms with Crippen LogP contribution in [0.5, 0.6) is 0 Å². The molecule has 144 valence electrons. The van der Waals surface area contributed by atoms with Gasteiger partial charge in [0.15, 0.2) is 0 Å². The van der Waals surface area contributed by atoms with Gasteiger partial charge in [-0.15, -0.1) is 0 Å². The molecule has 0 bridgehead atoms. The lowest BCUT2D eigenvalue weighted by Gasteiger charge is -2.06. The van der Waals surface area contributed by atoms with E-state index in [1.54, 1.807) is 30.3 Å². The Morgan fingerprint density at radius 2 is 1.83 bits per heavy atom. The predicted octanol–water partition coefficient (Wildman–Crippen LogP) is 4.31. The van der Waals surface area contributed by atoms with Crippen LogP contribution in [-0.4, -0.2) is 24.0 Å². The second-order valence-electron chi connectivity index (χ2n) is 5.87. The molecule has 0 unspecified atom stereocenters. The molecule has 0 aliphatic rings. The molecule has 1 amide bonds. The lowest BCUT2D eigenvalue weighted by atomic mass is 10.1. The van der Waals surface area contributed by atoms with E-state index in [9.17, 15) is 14.0 Å². The monoisotopic (exact) mass is 408 g/mol. The number of aromatic nitrogens is 1. The highest BCUT2D eigenvalue weighted by molar-refractivity contribution is 6.31. The van der Waals surface area contributed by atoms with Crippen LogP contribution in [-0.2, 0) is 4.74 Å². The van der Waals surface area contributed by atoms with Gasteiger partial charge in [-0.3, -0.25) is 9.78 Å². The Morgan fingerprint density at radius 1 is 1.03 bits per heavy atom. The van der Waals surface area contributed by atoms with Gasteiger partial charge in [0.25, 0.3) is 5.91 Å². The number of anilines is 1. The Bertz CT molecular complexity index is 1150. The summed E-state index contributed by atoms with van der Waals surface area (Å²) in [5, 5.41) is 2.59. The highest BCUT2D eigenvalue weighted by Crippen LogP contribution is 2.18. The van der Waals surface area contributed by atoms with E-state index in [0.717, 1.165) is 6.07 Å². The van der Waals surface area contributed by atoms with Crippen LogP contribution in [0.25, 0.3) is 0 Å². The Labute approximate surface area is 171 Å². The van der Waals surface area contributed by atoms with Crippen LogP contribution >= 0.6 is 11.6 Å². The van der Waals surface area contributed by atoms with Crippen LogP contribution in [0.15, 0.2) is 60.9 Å². The number of carbonyl (C=O) groups is 2. The van der Waals surface area contributed by atoms with Crippen molar-refractivity contribution in [3.05, 3.63) is 94.0 Å². The SMILES string of the molecule is COC(=O)c1cncc(C#Cc2cccc(NC(=O)c3ccc(F)c(Cl)c3)c2)c1. The first-order chi connectivity index (χ1) is 14.0. The topological polar surface area (TPSA) is 68.3 Å². The van der Waals surface area contributed by atoms with Gasteiger partial charge in [-0.05, 0) is 42.5 Å². The molecule has 0 radical (unpaired) electrons. The minimum absolute atomic E-state index is 0.125. The van der Waals surface area contributed by atoms with E-state index in [1.807, 2.05) is 0 Å². The van der Waals surface area contributed by atoms with Gasteiger partial charge in [-0.2, -0.15) is 0 Å². The number of nitrogens with zero attached hydrogens (tertiary/aromatic N) is 1. The van der Waals surface area contributed by atoms with Crippen molar-refractivity contribution in [2.75, 3.05) is 12.4 Å². The Kier molecular flexibility index (Phi) is 6.22. The lowest BCUT2D eigenvalue weighted by Crippen LogP contribution is -2.12. The normalized spacial score (nSPS) is 9.90. The predicted molar refractivity (Wildman–Crippen MR) is 107 cm³/mol. The van der Waals surface area contributed by atoms with Crippen LogP contribution in [0.2, 0.25) is 5.02 Å². The van der Waals surface area contributed by atoms with Crippen molar-refractivity contribution in [2.24, 2.45) is 0 Å². The summed E-state index contributed by atoms with van der Waals surface area (Å²) in [6.07, 6.45) is 2.93. The molecule has 29 heavy (non-hydrogen) atoms. The molecule has 0 fully saturated rings. The minimum Gasteiger partial charge on any atom is -0.465 e. The maximum atomic E-state index is 13.2. The zero-order chi connectivity index (χ0) is 20.8. The molecule has 0 saturated carbocycles. The van der Waals surface area contributed by atoms with Gasteiger partial charge in [-0.25, -0.2) is 9.18 Å². The molecular weight excluding hydrogens is 395 g/mol. The molecule has 0 atom stereocenters. The van der Waals surface area contributed by atoms with Gasteiger partial charge in [0.1, 0.15) is 5.82 Å². The first kappa shape index (κ1) is 20.1. The number of benzene rings is 2. The summed E-state index contributed by atoms with van der Waals surface area (Å²) in [7, 11) is 1.29. The number of esters is 1. The average Bonchev–Trinajstić information content (AvgIpc) is 2.74. The molecule has 0 aliphatic carbocycles. The van der Waals surface area contributed by atoms with E-state index < -0.39 is 17.7 Å². The number of amides is 1. The summed E-state index contributed by atoms with van der Waals surface area (Å²) < 4.78 is 17.9. The molecule has 0 saturated heterocycles. The average molecular weight is 409 g/mol. The van der Waals surface area contributed by atoms with E-state index >= 15 is 0 Å². The van der Waals surface area contributed by atoms with Crippen LogP contribution in [0.4, 0.5) is 10.1 Å². The number of nitrogens with one attached hydrogen (secondary N) is 1. The van der Waals surface area contributed by atoms with Gasteiger partial charge in [-0.1, -0.05) is 29.5 Å². The zero-order valence-corrected chi connectivity index (χ0v) is 16.0. The van der Waals surface area contributed by atoms with E-state index in [-0.39, 0.29) is 10.6 Å². The maximum Gasteiger partial charge on any atom is 0.339 e. The summed E-state index contributed by atoms with van der Waals surface area (Å²) >= 11 is 5.72. The third-order valence-corrected chi connectivity index (χ3v) is 4.10. The van der Waals surface area contributed by atoms with Gasteiger partial charge in [0.2, 0.25) is 0 Å². The van der Waals surface area contributed by atoms with Gasteiger partial charge < -0.3 is 10.1 Å². The molecule has 5 nitrogen and oxygen atoms in total. The van der Waals surface area contributed by atoms with Crippen molar-refractivity contribution in [1.82, 2.24) is 4.98 Å². The fourth-order valence-electron chi connectivity index (χ4n) is 2.40. The third-order valence-electron chi connectivity index (χ3n) is 3.81. The maximum absolute atomic E-state index is 13.2. The summed E-state index contributed by atoms with van der Waals surface area (Å²) in [5.74, 6) is 4.36. The number of carbonyl (C=O) groups excluding carboxylic acids is 2. The van der Waals surface area contributed by atoms with Crippen LogP contribution in [0.3, 0.4) is 0 Å². The number of methoxy groups -OCH3 is 1. The number of ether oxygens (including phenoxy) is 1. The summed E-state index contributed by atoms with van der Waals surface area (Å²) in [6.45, 7) is 0. The smallest absolute Gasteiger partial charge is 0.339 e. The zero-order valence-electron chi connectivity index (χ0n) is 15.2. The molecule has 0 spiro atoms. The summed E-state index contributed by atoms with van der Waals surface area (Å²) in [4.78, 5) is 27.9. The van der Waals surface area contributed by atoms with Crippen molar-refractivity contribution in [3.8, 4) is 11.8 Å². The molecule has 1 heterocycles. The molecule has 0 aliphatic heterocycles. The van der Waals surface area contributed by atoms with Crippen LogP contribution < -0.4 is 5.32 Å². The first-order valence-corrected chi connectivity index (χ1v) is 8.76. The Morgan fingerprint density at radius 3 is 2.59 bits per heavy atom. The molecule has 3 aromatic rings. The van der Waals surface area contributed by atoms with E-state index in [1.165, 1.54) is 31.6 Å². The molecule has 1 N–H and O–H groups in total. The number of rotatable bonds is 3. The Balaban J connectivity index is 1.77. The van der Waals surface area contributed by atoms with Crippen molar-refractivity contribution in [1.29, 1.82) is 0 Å². The van der Waals surface area contributed by atoms with Crippen LogP contribution in [0.1, 0.15) is 31.8 Å². The molecular formula is C22H14ClFN2O3. The standard InChI is InChI=1S/C22H14ClFN2O3/c1-29-22(28)17-9-15(12-25-13-17)6-5-14-3-2-4-18(10-14)26-21(27)16-7-8-20(24)19(23)11-16/h2-4,7-13H,1H3,(H,26,27). The van der Waals surface area contributed by atoms with Crippen molar-refractivity contribution < 1.29 is 18.7 Å². The van der Waals surface area contributed by atoms with Crippen molar-refractivity contribution in [2.45, 2.75) is 0 Å². The van der Waals surface area contributed by atoms with Gasteiger partial charge in [0.05, 0.1) is 17.7 Å². The molecule has 2 aromatic carbocycles. The number of pyridine rings is 1. The second-order valence-corrected chi connectivity index (χ2v) is 6.27. The van der Waals surface area contributed by atoms with Crippen LogP contribution in [0, 0.1) is 17.7 Å². The summed E-state index contributed by atoms with van der Waals surface area (Å²) in [6, 6.07) is 12.2. The molecule has 7 heteroatoms. The second kappa shape index (κ2) is 9.00. The largest absolute Gasteiger partial charge is 0.465 e. The lowest BCUT2D eigenvalue weighted by molar-refractivity contribution is 0.0600. The van der Waals surface area contributed by atoms with Gasteiger partial charge >= 0.3 is 5.97 Å². The van der Waals surface area contributed by atoms with E-state index in [0.29, 0.717) is 22.4 Å². The fraction of sp³-hybridized carbons (Fsp3) is 0.0455. The third kappa shape index (κ3) is 5.18. The van der Waals surface area contributed by atoms with Crippen molar-refractivity contribution >= 4 is 29.2 Å². The highest BCUT2D eigenvalue weighted by Gasteiger charge is 2.09. The van der Waals surface area contributed by atoms with E-state index in [2.05, 4.69) is 26.9 Å². The van der Waals surface area contributed by atoms with E-state index in [4.69, 9.17) is 11.6 Å². The van der Waals surface area contributed by atoms with Crippen molar-refractivity contribution in [3.63, 3.8) is 0 Å². The Hall–Kier alpha value is -3.69. The molecule has 1 aromatic heterocycles. The quantitative estimate of drug-likeness (QED) is 0.518. The highest BCUT2D eigenvalue weighted by atomic mass is 35.5. The fourth-order valence-corrected chi connectivity index (χ4v) is 2.58.